The smallest absolute Gasteiger partial charge is 0.133 e. The maximum absolute atomic E-state index is 14.3. The van der Waals surface area contributed by atoms with E-state index in [2.05, 4.69) is 11.4 Å². The van der Waals surface area contributed by atoms with Gasteiger partial charge in [0.2, 0.25) is 0 Å². The van der Waals surface area contributed by atoms with Gasteiger partial charge >= 0.3 is 0 Å². The molecule has 0 saturated heterocycles. The number of rotatable bonds is 7. The average Bonchev–Trinajstić information content (AvgIpc) is 2.98. The minimum atomic E-state index is -0.460. The van der Waals surface area contributed by atoms with Gasteiger partial charge in [-0.2, -0.15) is 0 Å². The molecule has 4 heteroatoms. The first-order chi connectivity index (χ1) is 10.1. The van der Waals surface area contributed by atoms with Crippen LogP contribution in [0.3, 0.4) is 0 Å². The van der Waals surface area contributed by atoms with E-state index in [0.717, 1.165) is 19.4 Å². The molecule has 1 heterocycles. The zero-order valence-corrected chi connectivity index (χ0v) is 13.3. The van der Waals surface area contributed by atoms with Crippen LogP contribution in [0.2, 0.25) is 0 Å². The molecule has 2 rings (SSSR count). The van der Waals surface area contributed by atoms with Crippen molar-refractivity contribution in [1.82, 2.24) is 5.32 Å². The van der Waals surface area contributed by atoms with Crippen LogP contribution in [0.15, 0.2) is 29.6 Å². The Bertz CT molecular complexity index is 566. The molecular weight excluding hydrogens is 288 g/mol. The molecule has 2 aromatic rings. The summed E-state index contributed by atoms with van der Waals surface area (Å²) in [6, 6.07) is 6.63. The maximum atomic E-state index is 14.3. The van der Waals surface area contributed by atoms with E-state index in [0.29, 0.717) is 12.0 Å². The molecule has 1 atom stereocenters. The van der Waals surface area contributed by atoms with E-state index in [9.17, 15) is 8.78 Å². The van der Waals surface area contributed by atoms with Gasteiger partial charge in [-0.25, -0.2) is 8.78 Å². The third-order valence-corrected chi connectivity index (χ3v) is 4.50. The molecule has 0 aliphatic rings. The predicted molar refractivity (Wildman–Crippen MR) is 84.8 cm³/mol. The highest BCUT2D eigenvalue weighted by molar-refractivity contribution is 7.09. The van der Waals surface area contributed by atoms with Crippen LogP contribution in [0.5, 0.6) is 0 Å². The van der Waals surface area contributed by atoms with E-state index in [1.54, 1.807) is 18.3 Å². The Morgan fingerprint density at radius 1 is 1.24 bits per heavy atom. The monoisotopic (exact) mass is 309 g/mol. The van der Waals surface area contributed by atoms with Crippen LogP contribution in [0.25, 0.3) is 0 Å². The second kappa shape index (κ2) is 7.66. The molecule has 0 saturated carbocycles. The van der Waals surface area contributed by atoms with Crippen LogP contribution in [0.4, 0.5) is 8.78 Å². The molecule has 1 N–H and O–H groups in total. The summed E-state index contributed by atoms with van der Waals surface area (Å²) >= 11 is 1.68. The van der Waals surface area contributed by atoms with Gasteiger partial charge in [0.15, 0.2) is 0 Å². The standard InChI is InChI=1S/C17H21F2NS/c1-3-10-20-15(9-7-13-5-4-11-21-13)16-14(18)8-6-12(2)17(16)19/h4-6,8,11,15,20H,3,7,9-10H2,1-2H3. The summed E-state index contributed by atoms with van der Waals surface area (Å²) in [6.45, 7) is 4.47. The summed E-state index contributed by atoms with van der Waals surface area (Å²) in [7, 11) is 0. The number of thiophene rings is 1. The lowest BCUT2D eigenvalue weighted by Crippen LogP contribution is -2.25. The SMILES string of the molecule is CCCNC(CCc1cccs1)c1c(F)ccc(C)c1F. The van der Waals surface area contributed by atoms with Gasteiger partial charge in [-0.3, -0.25) is 0 Å². The van der Waals surface area contributed by atoms with Crippen molar-refractivity contribution in [3.63, 3.8) is 0 Å². The molecule has 114 valence electrons. The van der Waals surface area contributed by atoms with E-state index >= 15 is 0 Å². The lowest BCUT2D eigenvalue weighted by Gasteiger charge is -2.21. The Morgan fingerprint density at radius 2 is 2.05 bits per heavy atom. The molecule has 0 spiro atoms. The molecule has 0 bridgehead atoms. The van der Waals surface area contributed by atoms with Crippen LogP contribution in [0, 0.1) is 18.6 Å². The van der Waals surface area contributed by atoms with Gasteiger partial charge in [0.05, 0.1) is 0 Å². The Morgan fingerprint density at radius 3 is 2.71 bits per heavy atom. The second-order valence-electron chi connectivity index (χ2n) is 5.22. The molecule has 0 aliphatic carbocycles. The van der Waals surface area contributed by atoms with Gasteiger partial charge in [0.25, 0.3) is 0 Å². The fraction of sp³-hybridized carbons (Fsp3) is 0.412. The summed E-state index contributed by atoms with van der Waals surface area (Å²) in [4.78, 5) is 1.24. The second-order valence-corrected chi connectivity index (χ2v) is 6.25. The Hall–Kier alpha value is -1.26. The summed E-state index contributed by atoms with van der Waals surface area (Å²) in [5.41, 5.74) is 0.672. The van der Waals surface area contributed by atoms with Gasteiger partial charge in [-0.05, 0) is 55.8 Å². The number of halogens is 2. The lowest BCUT2D eigenvalue weighted by molar-refractivity contribution is 0.445. The van der Waals surface area contributed by atoms with Crippen LogP contribution in [-0.2, 0) is 6.42 Å². The highest BCUT2D eigenvalue weighted by Crippen LogP contribution is 2.27. The number of nitrogens with one attached hydrogen (secondary N) is 1. The summed E-state index contributed by atoms with van der Waals surface area (Å²) in [5, 5.41) is 5.31. The molecule has 0 radical (unpaired) electrons. The molecular formula is C17H21F2NS. The van der Waals surface area contributed by atoms with Gasteiger partial charge < -0.3 is 5.32 Å². The van der Waals surface area contributed by atoms with Crippen molar-refractivity contribution in [1.29, 1.82) is 0 Å². The summed E-state index contributed by atoms with van der Waals surface area (Å²) in [5.74, 6) is -0.882. The van der Waals surface area contributed by atoms with E-state index in [4.69, 9.17) is 0 Å². The minimum Gasteiger partial charge on any atom is -0.310 e. The minimum absolute atomic E-state index is 0.181. The Labute approximate surface area is 129 Å². The van der Waals surface area contributed by atoms with E-state index < -0.39 is 11.6 Å². The first kappa shape index (κ1) is 16.1. The van der Waals surface area contributed by atoms with E-state index in [1.807, 2.05) is 18.4 Å². The van der Waals surface area contributed by atoms with Crippen molar-refractivity contribution < 1.29 is 8.78 Å². The highest BCUT2D eigenvalue weighted by atomic mass is 32.1. The van der Waals surface area contributed by atoms with Gasteiger partial charge in [-0.15, -0.1) is 11.3 Å². The Balaban J connectivity index is 2.20. The summed E-state index contributed by atoms with van der Waals surface area (Å²) < 4.78 is 28.4. The first-order valence-electron chi connectivity index (χ1n) is 7.33. The molecule has 0 fully saturated rings. The van der Waals surface area contributed by atoms with Crippen molar-refractivity contribution in [2.45, 2.75) is 39.2 Å². The van der Waals surface area contributed by atoms with Crippen LogP contribution < -0.4 is 5.32 Å². The maximum Gasteiger partial charge on any atom is 0.133 e. The first-order valence-corrected chi connectivity index (χ1v) is 8.21. The quantitative estimate of drug-likeness (QED) is 0.758. The normalized spacial score (nSPS) is 12.6. The Kier molecular flexibility index (Phi) is 5.88. The molecule has 1 aromatic carbocycles. The third kappa shape index (κ3) is 4.11. The van der Waals surface area contributed by atoms with Gasteiger partial charge in [-0.1, -0.05) is 19.1 Å². The van der Waals surface area contributed by atoms with Gasteiger partial charge in [0.1, 0.15) is 11.6 Å². The van der Waals surface area contributed by atoms with Crippen molar-refractivity contribution >= 4 is 11.3 Å². The van der Waals surface area contributed by atoms with Gasteiger partial charge in [0, 0.05) is 16.5 Å². The van der Waals surface area contributed by atoms with Crippen LogP contribution in [-0.4, -0.2) is 6.54 Å². The molecule has 0 aliphatic heterocycles. The van der Waals surface area contributed by atoms with Crippen LogP contribution >= 0.6 is 11.3 Å². The van der Waals surface area contributed by atoms with Crippen molar-refractivity contribution in [2.24, 2.45) is 0 Å². The lowest BCUT2D eigenvalue weighted by atomic mass is 9.98. The zero-order valence-electron chi connectivity index (χ0n) is 12.5. The number of hydrogen-bond acceptors (Lipinski definition) is 2. The fourth-order valence-corrected chi connectivity index (χ4v) is 3.13. The molecule has 21 heavy (non-hydrogen) atoms. The van der Waals surface area contributed by atoms with Crippen LogP contribution in [0.1, 0.15) is 41.8 Å². The fourth-order valence-electron chi connectivity index (χ4n) is 2.41. The number of aryl methyl sites for hydroxylation is 2. The largest absolute Gasteiger partial charge is 0.310 e. The third-order valence-electron chi connectivity index (χ3n) is 3.57. The predicted octanol–water partition coefficient (Wildman–Crippen LogP) is 5.01. The topological polar surface area (TPSA) is 12.0 Å². The summed E-state index contributed by atoms with van der Waals surface area (Å²) in [6.07, 6.45) is 2.45. The van der Waals surface area contributed by atoms with Crippen molar-refractivity contribution in [2.75, 3.05) is 6.54 Å². The van der Waals surface area contributed by atoms with Crippen molar-refractivity contribution in [3.8, 4) is 0 Å². The zero-order chi connectivity index (χ0) is 15.2. The van der Waals surface area contributed by atoms with Crippen molar-refractivity contribution in [3.05, 3.63) is 57.3 Å². The molecule has 0 amide bonds. The van der Waals surface area contributed by atoms with E-state index in [1.165, 1.54) is 17.0 Å². The highest BCUT2D eigenvalue weighted by Gasteiger charge is 2.21. The van der Waals surface area contributed by atoms with E-state index in [-0.39, 0.29) is 11.6 Å². The molecule has 1 aromatic heterocycles. The molecule has 1 nitrogen and oxygen atoms in total. The molecule has 1 unspecified atom stereocenters. The average molecular weight is 309 g/mol. The number of hydrogen-bond donors (Lipinski definition) is 1. The number of benzene rings is 1.